The maximum Gasteiger partial charge on any atom is 0.244 e. The SMILES string of the molecule is C(=N\Nc1ncc2ccccc2n1)/c1ccccc1. The zero-order valence-electron chi connectivity index (χ0n) is 10.2. The summed E-state index contributed by atoms with van der Waals surface area (Å²) in [5, 5.41) is 5.13. The number of hydrogen-bond acceptors (Lipinski definition) is 4. The normalized spacial score (nSPS) is 10.9. The third-order valence-electron chi connectivity index (χ3n) is 2.67. The molecule has 1 N–H and O–H groups in total. The van der Waals surface area contributed by atoms with Gasteiger partial charge in [-0.15, -0.1) is 0 Å². The van der Waals surface area contributed by atoms with Crippen molar-refractivity contribution in [1.29, 1.82) is 0 Å². The van der Waals surface area contributed by atoms with E-state index >= 15 is 0 Å². The number of nitrogens with one attached hydrogen (secondary N) is 1. The van der Waals surface area contributed by atoms with Gasteiger partial charge in [-0.25, -0.2) is 15.4 Å². The number of hydrazone groups is 1. The van der Waals surface area contributed by atoms with Crippen molar-refractivity contribution in [2.75, 3.05) is 5.43 Å². The summed E-state index contributed by atoms with van der Waals surface area (Å²) < 4.78 is 0. The van der Waals surface area contributed by atoms with Gasteiger partial charge < -0.3 is 0 Å². The summed E-state index contributed by atoms with van der Waals surface area (Å²) in [5.74, 6) is 0.492. The highest BCUT2D eigenvalue weighted by Gasteiger charge is 1.96. The summed E-state index contributed by atoms with van der Waals surface area (Å²) in [6.45, 7) is 0. The molecule has 3 aromatic rings. The second kappa shape index (κ2) is 5.27. The van der Waals surface area contributed by atoms with Crippen molar-refractivity contribution in [2.24, 2.45) is 5.10 Å². The Morgan fingerprint density at radius 3 is 2.63 bits per heavy atom. The molecular formula is C15H12N4. The minimum atomic E-state index is 0.492. The molecule has 92 valence electrons. The molecule has 0 unspecified atom stereocenters. The van der Waals surface area contributed by atoms with Gasteiger partial charge in [0.05, 0.1) is 11.7 Å². The minimum Gasteiger partial charge on any atom is -0.245 e. The largest absolute Gasteiger partial charge is 0.245 e. The van der Waals surface area contributed by atoms with E-state index in [0.29, 0.717) is 5.95 Å². The van der Waals surface area contributed by atoms with Crippen LogP contribution in [0.2, 0.25) is 0 Å². The quantitative estimate of drug-likeness (QED) is 0.572. The van der Waals surface area contributed by atoms with Gasteiger partial charge >= 0.3 is 0 Å². The van der Waals surface area contributed by atoms with Crippen molar-refractivity contribution in [1.82, 2.24) is 9.97 Å². The van der Waals surface area contributed by atoms with Crippen LogP contribution in [-0.4, -0.2) is 16.2 Å². The van der Waals surface area contributed by atoms with Crippen LogP contribution < -0.4 is 5.43 Å². The zero-order chi connectivity index (χ0) is 12.9. The molecule has 1 aromatic heterocycles. The molecule has 0 atom stereocenters. The van der Waals surface area contributed by atoms with Crippen molar-refractivity contribution in [3.63, 3.8) is 0 Å². The van der Waals surface area contributed by atoms with Crippen LogP contribution in [0.3, 0.4) is 0 Å². The van der Waals surface area contributed by atoms with Crippen molar-refractivity contribution >= 4 is 23.1 Å². The van der Waals surface area contributed by atoms with E-state index in [0.717, 1.165) is 16.5 Å². The van der Waals surface area contributed by atoms with Gasteiger partial charge in [0, 0.05) is 11.6 Å². The van der Waals surface area contributed by atoms with Crippen molar-refractivity contribution in [2.45, 2.75) is 0 Å². The number of fused-ring (bicyclic) bond motifs is 1. The Hall–Kier alpha value is -2.75. The molecule has 4 heteroatoms. The van der Waals surface area contributed by atoms with Crippen molar-refractivity contribution < 1.29 is 0 Å². The fourth-order valence-corrected chi connectivity index (χ4v) is 1.73. The van der Waals surface area contributed by atoms with Crippen LogP contribution in [0.1, 0.15) is 5.56 Å². The van der Waals surface area contributed by atoms with Crippen LogP contribution in [0, 0.1) is 0 Å². The van der Waals surface area contributed by atoms with E-state index in [1.54, 1.807) is 12.4 Å². The molecule has 4 nitrogen and oxygen atoms in total. The fourth-order valence-electron chi connectivity index (χ4n) is 1.73. The van der Waals surface area contributed by atoms with Gasteiger partial charge in [0.2, 0.25) is 5.95 Å². The Kier molecular flexibility index (Phi) is 3.14. The van der Waals surface area contributed by atoms with E-state index in [9.17, 15) is 0 Å². The zero-order valence-corrected chi connectivity index (χ0v) is 10.2. The predicted octanol–water partition coefficient (Wildman–Crippen LogP) is 3.08. The van der Waals surface area contributed by atoms with Gasteiger partial charge in [-0.2, -0.15) is 5.10 Å². The predicted molar refractivity (Wildman–Crippen MR) is 77.2 cm³/mol. The van der Waals surface area contributed by atoms with Crippen LogP contribution >= 0.6 is 0 Å². The van der Waals surface area contributed by atoms with Gasteiger partial charge in [0.15, 0.2) is 0 Å². The summed E-state index contributed by atoms with van der Waals surface area (Å²) in [6.07, 6.45) is 3.52. The van der Waals surface area contributed by atoms with Crippen molar-refractivity contribution in [3.05, 3.63) is 66.4 Å². The Labute approximate surface area is 110 Å². The molecule has 0 fully saturated rings. The summed E-state index contributed by atoms with van der Waals surface area (Å²) in [4.78, 5) is 8.57. The summed E-state index contributed by atoms with van der Waals surface area (Å²) in [5.41, 5.74) is 4.75. The highest BCUT2D eigenvalue weighted by atomic mass is 15.3. The van der Waals surface area contributed by atoms with Crippen LogP contribution in [-0.2, 0) is 0 Å². The van der Waals surface area contributed by atoms with Gasteiger partial charge in [0.25, 0.3) is 0 Å². The highest BCUT2D eigenvalue weighted by Crippen LogP contribution is 2.11. The maximum absolute atomic E-state index is 4.37. The standard InChI is InChI=1S/C15H12N4/c1-2-6-12(7-3-1)10-17-19-15-16-11-13-8-4-5-9-14(13)18-15/h1-11H,(H,16,18,19)/b17-10+. The van der Waals surface area contributed by atoms with E-state index in [4.69, 9.17) is 0 Å². The molecule has 0 aliphatic heterocycles. The third kappa shape index (κ3) is 2.74. The number of anilines is 1. The van der Waals surface area contributed by atoms with Crippen LogP contribution in [0.4, 0.5) is 5.95 Å². The maximum atomic E-state index is 4.37. The van der Waals surface area contributed by atoms with Gasteiger partial charge in [0.1, 0.15) is 0 Å². The lowest BCUT2D eigenvalue weighted by molar-refractivity contribution is 1.15. The molecule has 2 aromatic carbocycles. The molecule has 1 heterocycles. The molecule has 0 bridgehead atoms. The molecule has 3 rings (SSSR count). The van der Waals surface area contributed by atoms with E-state index in [1.807, 2.05) is 54.6 Å². The van der Waals surface area contributed by atoms with Crippen LogP contribution in [0.5, 0.6) is 0 Å². The molecule has 0 saturated carbocycles. The van der Waals surface area contributed by atoms with Crippen LogP contribution in [0.15, 0.2) is 65.9 Å². The second-order valence-electron chi connectivity index (χ2n) is 4.03. The average molecular weight is 248 g/mol. The Morgan fingerprint density at radius 2 is 1.74 bits per heavy atom. The summed E-state index contributed by atoms with van der Waals surface area (Å²) in [7, 11) is 0. The lowest BCUT2D eigenvalue weighted by Gasteiger charge is -2.00. The molecule has 0 spiro atoms. The number of nitrogens with zero attached hydrogens (tertiary/aromatic N) is 3. The second-order valence-corrected chi connectivity index (χ2v) is 4.03. The first kappa shape index (κ1) is 11.3. The lowest BCUT2D eigenvalue weighted by Crippen LogP contribution is -1.96. The monoisotopic (exact) mass is 248 g/mol. The number of aromatic nitrogens is 2. The van der Waals surface area contributed by atoms with E-state index in [1.165, 1.54) is 0 Å². The number of para-hydroxylation sites is 1. The van der Waals surface area contributed by atoms with Gasteiger partial charge in [-0.05, 0) is 11.6 Å². The first-order chi connectivity index (χ1) is 9.42. The van der Waals surface area contributed by atoms with Gasteiger partial charge in [-0.3, -0.25) is 0 Å². The minimum absolute atomic E-state index is 0.492. The highest BCUT2D eigenvalue weighted by molar-refractivity contribution is 5.80. The Bertz CT molecular complexity index is 707. The van der Waals surface area contributed by atoms with E-state index in [-0.39, 0.29) is 0 Å². The number of hydrogen-bond donors (Lipinski definition) is 1. The molecule has 0 aliphatic rings. The first-order valence-electron chi connectivity index (χ1n) is 5.98. The molecule has 0 radical (unpaired) electrons. The molecular weight excluding hydrogens is 236 g/mol. The van der Waals surface area contributed by atoms with Gasteiger partial charge in [-0.1, -0.05) is 48.5 Å². The Balaban J connectivity index is 1.77. The fraction of sp³-hybridized carbons (Fsp3) is 0. The topological polar surface area (TPSA) is 50.2 Å². The molecule has 0 aliphatic carbocycles. The molecule has 0 amide bonds. The number of benzene rings is 2. The average Bonchev–Trinajstić information content (AvgIpc) is 2.48. The lowest BCUT2D eigenvalue weighted by atomic mass is 10.2. The van der Waals surface area contributed by atoms with Crippen LogP contribution in [0.25, 0.3) is 10.9 Å². The summed E-state index contributed by atoms with van der Waals surface area (Å²) in [6, 6.07) is 17.7. The molecule has 19 heavy (non-hydrogen) atoms. The van der Waals surface area contributed by atoms with E-state index in [2.05, 4.69) is 20.5 Å². The first-order valence-corrected chi connectivity index (χ1v) is 5.98. The summed E-state index contributed by atoms with van der Waals surface area (Å²) >= 11 is 0. The Morgan fingerprint density at radius 1 is 0.947 bits per heavy atom. The molecule has 0 saturated heterocycles. The van der Waals surface area contributed by atoms with E-state index < -0.39 is 0 Å². The number of rotatable bonds is 3. The third-order valence-corrected chi connectivity index (χ3v) is 2.67. The smallest absolute Gasteiger partial charge is 0.244 e. The van der Waals surface area contributed by atoms with Crippen molar-refractivity contribution in [3.8, 4) is 0 Å².